The summed E-state index contributed by atoms with van der Waals surface area (Å²) in [4.78, 5) is 27.9. The number of aromatic carboxylic acids is 1. The SMILES string of the molecule is CC(C)(C)OC(=O)N1CCN(c2ccc(C(=O)O)cc2)C[C@@H]1Cc1ccccc1. The highest BCUT2D eigenvalue weighted by atomic mass is 16.6. The van der Waals surface area contributed by atoms with Crippen molar-refractivity contribution in [1.82, 2.24) is 4.90 Å². The van der Waals surface area contributed by atoms with Crippen molar-refractivity contribution in [2.45, 2.75) is 38.8 Å². The van der Waals surface area contributed by atoms with Gasteiger partial charge in [-0.05, 0) is 57.0 Å². The molecule has 0 unspecified atom stereocenters. The van der Waals surface area contributed by atoms with Crippen molar-refractivity contribution in [2.75, 3.05) is 24.5 Å². The Kier molecular flexibility index (Phi) is 6.11. The zero-order valence-electron chi connectivity index (χ0n) is 17.2. The summed E-state index contributed by atoms with van der Waals surface area (Å²) in [6, 6.07) is 16.9. The Morgan fingerprint density at radius 1 is 1.03 bits per heavy atom. The van der Waals surface area contributed by atoms with Gasteiger partial charge in [0.15, 0.2) is 0 Å². The predicted octanol–water partition coefficient (Wildman–Crippen LogP) is 4.05. The average molecular weight is 396 g/mol. The molecule has 6 nitrogen and oxygen atoms in total. The van der Waals surface area contributed by atoms with E-state index in [-0.39, 0.29) is 17.7 Å². The van der Waals surface area contributed by atoms with Gasteiger partial charge in [-0.25, -0.2) is 9.59 Å². The lowest BCUT2D eigenvalue weighted by Gasteiger charge is -2.42. The topological polar surface area (TPSA) is 70.1 Å². The second kappa shape index (κ2) is 8.55. The molecule has 0 spiro atoms. The van der Waals surface area contributed by atoms with Crippen LogP contribution in [0.2, 0.25) is 0 Å². The maximum Gasteiger partial charge on any atom is 0.410 e. The fourth-order valence-electron chi connectivity index (χ4n) is 3.53. The molecule has 1 heterocycles. The van der Waals surface area contributed by atoms with Crippen LogP contribution in [0.25, 0.3) is 0 Å². The summed E-state index contributed by atoms with van der Waals surface area (Å²) >= 11 is 0. The van der Waals surface area contributed by atoms with Gasteiger partial charge in [0.25, 0.3) is 0 Å². The Morgan fingerprint density at radius 3 is 2.28 bits per heavy atom. The lowest BCUT2D eigenvalue weighted by atomic mass is 10.0. The smallest absolute Gasteiger partial charge is 0.410 e. The molecule has 1 amide bonds. The minimum atomic E-state index is -0.937. The second-order valence-electron chi connectivity index (χ2n) is 8.32. The molecular formula is C23H28N2O4. The molecule has 1 aliphatic rings. The number of piperazine rings is 1. The number of carboxylic acids is 1. The molecule has 1 fully saturated rings. The summed E-state index contributed by atoms with van der Waals surface area (Å²) in [5, 5.41) is 9.11. The molecule has 1 saturated heterocycles. The molecule has 1 aliphatic heterocycles. The number of ether oxygens (including phenoxy) is 1. The van der Waals surface area contributed by atoms with Crippen molar-refractivity contribution in [2.24, 2.45) is 0 Å². The Morgan fingerprint density at radius 2 is 1.69 bits per heavy atom. The van der Waals surface area contributed by atoms with Gasteiger partial charge < -0.3 is 19.6 Å². The molecule has 1 atom stereocenters. The highest BCUT2D eigenvalue weighted by molar-refractivity contribution is 5.88. The summed E-state index contributed by atoms with van der Waals surface area (Å²) in [7, 11) is 0. The molecule has 0 aromatic heterocycles. The van der Waals surface area contributed by atoms with E-state index in [1.54, 1.807) is 12.1 Å². The minimum Gasteiger partial charge on any atom is -0.478 e. The molecule has 0 aliphatic carbocycles. The maximum absolute atomic E-state index is 12.8. The van der Waals surface area contributed by atoms with Crippen molar-refractivity contribution in [3.63, 3.8) is 0 Å². The van der Waals surface area contributed by atoms with Crippen LogP contribution in [-0.2, 0) is 11.2 Å². The van der Waals surface area contributed by atoms with E-state index in [2.05, 4.69) is 17.0 Å². The Labute approximate surface area is 171 Å². The van der Waals surface area contributed by atoms with Crippen LogP contribution in [-0.4, -0.2) is 53.3 Å². The van der Waals surface area contributed by atoms with Crippen LogP contribution in [0.4, 0.5) is 10.5 Å². The third kappa shape index (κ3) is 5.50. The molecule has 0 bridgehead atoms. The van der Waals surface area contributed by atoms with E-state index >= 15 is 0 Å². The monoisotopic (exact) mass is 396 g/mol. The molecule has 29 heavy (non-hydrogen) atoms. The first kappa shape index (κ1) is 20.7. The number of hydrogen-bond donors (Lipinski definition) is 1. The first-order valence-corrected chi connectivity index (χ1v) is 9.85. The standard InChI is InChI=1S/C23H28N2O4/c1-23(2,3)29-22(28)25-14-13-24(19-11-9-18(10-12-19)21(26)27)16-20(25)15-17-7-5-4-6-8-17/h4-12,20H,13-16H2,1-3H3,(H,26,27)/t20-/m0/s1. The van der Waals surface area contributed by atoms with Gasteiger partial charge in [-0.1, -0.05) is 30.3 Å². The van der Waals surface area contributed by atoms with Crippen LogP contribution < -0.4 is 4.90 Å². The van der Waals surface area contributed by atoms with Crippen LogP contribution in [0.15, 0.2) is 54.6 Å². The molecule has 0 radical (unpaired) electrons. The number of nitrogens with zero attached hydrogens (tertiary/aromatic N) is 2. The predicted molar refractivity (Wildman–Crippen MR) is 112 cm³/mol. The van der Waals surface area contributed by atoms with Gasteiger partial charge in [-0.2, -0.15) is 0 Å². The average Bonchev–Trinajstić information content (AvgIpc) is 2.67. The number of amides is 1. The number of carbonyl (C=O) groups is 2. The number of hydrogen-bond acceptors (Lipinski definition) is 4. The fraction of sp³-hybridized carbons (Fsp3) is 0.391. The van der Waals surface area contributed by atoms with Crippen LogP contribution in [0.5, 0.6) is 0 Å². The van der Waals surface area contributed by atoms with Crippen molar-refractivity contribution in [3.8, 4) is 0 Å². The highest BCUT2D eigenvalue weighted by Gasteiger charge is 2.33. The first-order valence-electron chi connectivity index (χ1n) is 9.85. The van der Waals surface area contributed by atoms with Crippen molar-refractivity contribution in [1.29, 1.82) is 0 Å². The van der Waals surface area contributed by atoms with Gasteiger partial charge in [0.05, 0.1) is 11.6 Å². The minimum absolute atomic E-state index is 0.0415. The largest absolute Gasteiger partial charge is 0.478 e. The number of carboxylic acid groups (broad SMARTS) is 1. The quantitative estimate of drug-likeness (QED) is 0.844. The molecule has 3 rings (SSSR count). The normalized spacial score (nSPS) is 17.1. The van der Waals surface area contributed by atoms with E-state index in [4.69, 9.17) is 9.84 Å². The van der Waals surface area contributed by atoms with Gasteiger partial charge >= 0.3 is 12.1 Å². The fourth-order valence-corrected chi connectivity index (χ4v) is 3.53. The van der Waals surface area contributed by atoms with Gasteiger partial charge in [-0.15, -0.1) is 0 Å². The van der Waals surface area contributed by atoms with E-state index in [9.17, 15) is 9.59 Å². The van der Waals surface area contributed by atoms with E-state index in [0.29, 0.717) is 19.6 Å². The Hall–Kier alpha value is -3.02. The summed E-state index contributed by atoms with van der Waals surface area (Å²) in [5.41, 5.74) is 1.84. The molecule has 2 aromatic rings. The van der Waals surface area contributed by atoms with Crippen molar-refractivity contribution >= 4 is 17.7 Å². The molecule has 6 heteroatoms. The zero-order chi connectivity index (χ0) is 21.0. The van der Waals surface area contributed by atoms with Crippen LogP contribution in [0, 0.1) is 0 Å². The van der Waals surface area contributed by atoms with Gasteiger partial charge in [0, 0.05) is 25.3 Å². The van der Waals surface area contributed by atoms with Crippen LogP contribution >= 0.6 is 0 Å². The molecule has 1 N–H and O–H groups in total. The van der Waals surface area contributed by atoms with Gasteiger partial charge in [-0.3, -0.25) is 0 Å². The Bertz CT molecular complexity index is 843. The molecule has 154 valence electrons. The zero-order valence-corrected chi connectivity index (χ0v) is 17.2. The van der Waals surface area contributed by atoms with Crippen LogP contribution in [0.3, 0.4) is 0 Å². The van der Waals surface area contributed by atoms with Crippen molar-refractivity contribution < 1.29 is 19.4 Å². The van der Waals surface area contributed by atoms with Gasteiger partial charge in [0.1, 0.15) is 5.60 Å². The molecule has 2 aromatic carbocycles. The maximum atomic E-state index is 12.8. The van der Waals surface area contributed by atoms with Crippen LogP contribution in [0.1, 0.15) is 36.7 Å². The number of anilines is 1. The van der Waals surface area contributed by atoms with E-state index in [1.165, 1.54) is 0 Å². The number of benzene rings is 2. The molecular weight excluding hydrogens is 368 g/mol. The number of rotatable bonds is 4. The van der Waals surface area contributed by atoms with Gasteiger partial charge in [0.2, 0.25) is 0 Å². The molecule has 0 saturated carbocycles. The van der Waals surface area contributed by atoms with E-state index in [0.717, 1.165) is 17.7 Å². The Balaban J connectivity index is 1.79. The lowest BCUT2D eigenvalue weighted by molar-refractivity contribution is 0.0141. The second-order valence-corrected chi connectivity index (χ2v) is 8.32. The highest BCUT2D eigenvalue weighted by Crippen LogP contribution is 2.23. The lowest BCUT2D eigenvalue weighted by Crippen LogP contribution is -2.57. The van der Waals surface area contributed by atoms with Crippen molar-refractivity contribution in [3.05, 3.63) is 65.7 Å². The summed E-state index contributed by atoms with van der Waals surface area (Å²) < 4.78 is 5.63. The summed E-state index contributed by atoms with van der Waals surface area (Å²) in [6.07, 6.45) is 0.434. The first-order chi connectivity index (χ1) is 13.7. The van der Waals surface area contributed by atoms with E-state index in [1.807, 2.05) is 56.0 Å². The third-order valence-electron chi connectivity index (χ3n) is 4.90. The summed E-state index contributed by atoms with van der Waals surface area (Å²) in [5.74, 6) is -0.937. The van der Waals surface area contributed by atoms with E-state index < -0.39 is 11.6 Å². The summed E-state index contributed by atoms with van der Waals surface area (Å²) in [6.45, 7) is 7.48. The third-order valence-corrected chi connectivity index (χ3v) is 4.90. The number of carbonyl (C=O) groups excluding carboxylic acids is 1.